The van der Waals surface area contributed by atoms with Crippen molar-refractivity contribution in [2.24, 2.45) is 5.73 Å². The number of aliphatic carboxylic acids is 3. The van der Waals surface area contributed by atoms with Gasteiger partial charge in [-0.1, -0.05) is 6.92 Å². The number of nitrogens with one attached hydrogen (secondary N) is 2. The van der Waals surface area contributed by atoms with Gasteiger partial charge in [0.2, 0.25) is 11.8 Å². The molecule has 0 fully saturated rings. The SMILES string of the molecule is CCC(=O)N[C@@H](CCC(=O)N[C@H](CCC[C@H](N)C(=O)O)C(=O)O)C(=O)O. The highest BCUT2D eigenvalue weighted by atomic mass is 16.4. The molecule has 0 saturated heterocycles. The van der Waals surface area contributed by atoms with Crippen LogP contribution in [0, 0.1) is 0 Å². The van der Waals surface area contributed by atoms with E-state index in [1.165, 1.54) is 0 Å². The summed E-state index contributed by atoms with van der Waals surface area (Å²) >= 11 is 0. The van der Waals surface area contributed by atoms with E-state index in [9.17, 15) is 24.0 Å². The monoisotopic (exact) mass is 375 g/mol. The number of nitrogens with two attached hydrogens (primary N) is 1. The van der Waals surface area contributed by atoms with Crippen LogP contribution < -0.4 is 16.4 Å². The molecular formula is C15H25N3O8. The zero-order chi connectivity index (χ0) is 20.3. The molecule has 0 radical (unpaired) electrons. The summed E-state index contributed by atoms with van der Waals surface area (Å²) in [6.07, 6.45) is -0.177. The van der Waals surface area contributed by atoms with Crippen LogP contribution in [0.5, 0.6) is 0 Å². The first-order valence-corrected chi connectivity index (χ1v) is 8.11. The number of carboxylic acids is 3. The highest BCUT2D eigenvalue weighted by molar-refractivity contribution is 5.85. The van der Waals surface area contributed by atoms with Crippen LogP contribution in [0.4, 0.5) is 0 Å². The van der Waals surface area contributed by atoms with Crippen molar-refractivity contribution in [3.05, 3.63) is 0 Å². The Hall–Kier alpha value is -2.69. The van der Waals surface area contributed by atoms with Crippen molar-refractivity contribution in [1.29, 1.82) is 0 Å². The molecule has 0 aromatic rings. The topological polar surface area (TPSA) is 196 Å². The zero-order valence-electron chi connectivity index (χ0n) is 14.4. The van der Waals surface area contributed by atoms with E-state index < -0.39 is 47.8 Å². The van der Waals surface area contributed by atoms with Crippen LogP contribution in [-0.2, 0) is 24.0 Å². The third kappa shape index (κ3) is 9.57. The van der Waals surface area contributed by atoms with Gasteiger partial charge >= 0.3 is 17.9 Å². The molecule has 0 heterocycles. The summed E-state index contributed by atoms with van der Waals surface area (Å²) in [7, 11) is 0. The molecule has 0 aliphatic rings. The fourth-order valence-electron chi connectivity index (χ4n) is 2.02. The molecule has 0 rings (SSSR count). The molecular weight excluding hydrogens is 350 g/mol. The van der Waals surface area contributed by atoms with E-state index in [-0.39, 0.29) is 38.5 Å². The minimum absolute atomic E-state index is 0.0169. The minimum atomic E-state index is -1.30. The lowest BCUT2D eigenvalue weighted by atomic mass is 10.1. The predicted molar refractivity (Wildman–Crippen MR) is 88.1 cm³/mol. The molecule has 11 nitrogen and oxygen atoms in total. The van der Waals surface area contributed by atoms with E-state index in [2.05, 4.69) is 10.6 Å². The van der Waals surface area contributed by atoms with Crippen molar-refractivity contribution in [2.75, 3.05) is 0 Å². The Morgan fingerprint density at radius 3 is 1.77 bits per heavy atom. The van der Waals surface area contributed by atoms with E-state index in [0.29, 0.717) is 0 Å². The Morgan fingerprint density at radius 1 is 0.808 bits per heavy atom. The molecule has 26 heavy (non-hydrogen) atoms. The van der Waals surface area contributed by atoms with Crippen molar-refractivity contribution in [3.63, 3.8) is 0 Å². The van der Waals surface area contributed by atoms with Crippen LogP contribution in [0.25, 0.3) is 0 Å². The number of hydrogen-bond donors (Lipinski definition) is 6. The van der Waals surface area contributed by atoms with Gasteiger partial charge in [-0.05, 0) is 25.7 Å². The van der Waals surface area contributed by atoms with Gasteiger partial charge < -0.3 is 31.7 Å². The van der Waals surface area contributed by atoms with E-state index in [1.54, 1.807) is 6.92 Å². The summed E-state index contributed by atoms with van der Waals surface area (Å²) in [6.45, 7) is 1.55. The average molecular weight is 375 g/mol. The molecule has 3 atom stereocenters. The molecule has 0 bridgehead atoms. The molecule has 0 saturated carbocycles. The fraction of sp³-hybridized carbons (Fsp3) is 0.667. The highest BCUT2D eigenvalue weighted by Gasteiger charge is 2.24. The summed E-state index contributed by atoms with van der Waals surface area (Å²) < 4.78 is 0. The fourth-order valence-corrected chi connectivity index (χ4v) is 2.02. The first kappa shape index (κ1) is 23.3. The lowest BCUT2D eigenvalue weighted by Gasteiger charge is -2.17. The summed E-state index contributed by atoms with van der Waals surface area (Å²) in [6, 6.07) is -3.60. The second-order valence-electron chi connectivity index (χ2n) is 5.68. The number of amides is 2. The van der Waals surface area contributed by atoms with Gasteiger partial charge in [-0.25, -0.2) is 9.59 Å². The average Bonchev–Trinajstić information content (AvgIpc) is 2.56. The van der Waals surface area contributed by atoms with Gasteiger partial charge in [0.25, 0.3) is 0 Å². The second kappa shape index (κ2) is 11.8. The Labute approximate surface area is 149 Å². The minimum Gasteiger partial charge on any atom is -0.480 e. The lowest BCUT2D eigenvalue weighted by molar-refractivity contribution is -0.143. The van der Waals surface area contributed by atoms with Gasteiger partial charge in [0.05, 0.1) is 0 Å². The molecule has 2 amide bonds. The van der Waals surface area contributed by atoms with Crippen LogP contribution in [0.1, 0.15) is 45.4 Å². The third-order valence-electron chi connectivity index (χ3n) is 3.57. The molecule has 0 aromatic heterocycles. The van der Waals surface area contributed by atoms with E-state index in [0.717, 1.165) is 0 Å². The third-order valence-corrected chi connectivity index (χ3v) is 3.57. The van der Waals surface area contributed by atoms with Crippen molar-refractivity contribution >= 4 is 29.7 Å². The number of carbonyl (C=O) groups is 5. The Balaban J connectivity index is 4.48. The quantitative estimate of drug-likeness (QED) is 0.231. The van der Waals surface area contributed by atoms with Crippen LogP contribution in [-0.4, -0.2) is 63.2 Å². The normalized spacial score (nSPS) is 13.9. The second-order valence-corrected chi connectivity index (χ2v) is 5.68. The first-order chi connectivity index (χ1) is 12.1. The van der Waals surface area contributed by atoms with Gasteiger partial charge in [0.15, 0.2) is 0 Å². The summed E-state index contributed by atoms with van der Waals surface area (Å²) in [5, 5.41) is 31.3. The van der Waals surface area contributed by atoms with Crippen LogP contribution in [0.15, 0.2) is 0 Å². The number of hydrogen-bond acceptors (Lipinski definition) is 6. The highest BCUT2D eigenvalue weighted by Crippen LogP contribution is 2.06. The Kier molecular flexibility index (Phi) is 10.6. The standard InChI is InChI=1S/C15H25N3O8/c1-2-11(19)17-10(15(25)26)6-7-12(20)18-9(14(23)24)5-3-4-8(16)13(21)22/h8-10H,2-7,16H2,1H3,(H,17,19)(H,18,20)(H,21,22)(H,23,24)(H,25,26)/t8-,9+,10-/m0/s1. The summed E-state index contributed by atoms with van der Waals surface area (Å²) in [5.41, 5.74) is 5.32. The van der Waals surface area contributed by atoms with Crippen LogP contribution in [0.3, 0.4) is 0 Å². The van der Waals surface area contributed by atoms with Gasteiger partial charge in [-0.15, -0.1) is 0 Å². The zero-order valence-corrected chi connectivity index (χ0v) is 14.4. The molecule has 11 heteroatoms. The first-order valence-electron chi connectivity index (χ1n) is 8.11. The van der Waals surface area contributed by atoms with Gasteiger partial charge in [-0.3, -0.25) is 14.4 Å². The van der Waals surface area contributed by atoms with Crippen LogP contribution in [0.2, 0.25) is 0 Å². The largest absolute Gasteiger partial charge is 0.480 e. The number of carboxylic acid groups (broad SMARTS) is 3. The van der Waals surface area contributed by atoms with Crippen molar-refractivity contribution in [1.82, 2.24) is 10.6 Å². The predicted octanol–water partition coefficient (Wildman–Crippen LogP) is -1.10. The van der Waals surface area contributed by atoms with Crippen molar-refractivity contribution in [2.45, 2.75) is 63.6 Å². The van der Waals surface area contributed by atoms with Gasteiger partial charge in [-0.2, -0.15) is 0 Å². The molecule has 0 spiro atoms. The molecule has 148 valence electrons. The molecule has 0 aliphatic heterocycles. The Morgan fingerprint density at radius 2 is 1.31 bits per heavy atom. The Bertz CT molecular complexity index is 537. The van der Waals surface area contributed by atoms with Crippen LogP contribution >= 0.6 is 0 Å². The lowest BCUT2D eigenvalue weighted by Crippen LogP contribution is -2.44. The molecule has 0 aliphatic carbocycles. The maximum Gasteiger partial charge on any atom is 0.326 e. The number of carbonyl (C=O) groups excluding carboxylic acids is 2. The smallest absolute Gasteiger partial charge is 0.326 e. The maximum atomic E-state index is 11.8. The van der Waals surface area contributed by atoms with E-state index >= 15 is 0 Å². The molecule has 0 unspecified atom stereocenters. The van der Waals surface area contributed by atoms with Crippen molar-refractivity contribution in [3.8, 4) is 0 Å². The summed E-state index contributed by atoms with van der Waals surface area (Å²) in [5.74, 6) is -4.95. The van der Waals surface area contributed by atoms with E-state index in [1.807, 2.05) is 0 Å². The number of rotatable bonds is 13. The molecule has 0 aromatic carbocycles. The van der Waals surface area contributed by atoms with Gasteiger partial charge in [0.1, 0.15) is 18.1 Å². The molecule has 7 N–H and O–H groups in total. The van der Waals surface area contributed by atoms with E-state index in [4.69, 9.17) is 21.1 Å². The summed E-state index contributed by atoms with van der Waals surface area (Å²) in [4.78, 5) is 55.9. The maximum absolute atomic E-state index is 11.8. The van der Waals surface area contributed by atoms with Crippen molar-refractivity contribution < 1.29 is 39.3 Å². The van der Waals surface area contributed by atoms with Gasteiger partial charge in [0, 0.05) is 12.8 Å².